The van der Waals surface area contributed by atoms with Gasteiger partial charge in [0.15, 0.2) is 5.58 Å². The molecule has 1 heterocycles. The third-order valence-electron chi connectivity index (χ3n) is 2.53. The van der Waals surface area contributed by atoms with Crippen LogP contribution in [0.5, 0.6) is 5.75 Å². The average molecular weight is 210 g/mol. The Morgan fingerprint density at radius 1 is 1.14 bits per heavy atom. The first kappa shape index (κ1) is 9.27. The van der Waals surface area contributed by atoms with E-state index in [2.05, 4.69) is 0 Å². The SMILES string of the molecule is Cc1c(O)c(C)c2sc(=O)oc2c1C. The van der Waals surface area contributed by atoms with Gasteiger partial charge in [-0.1, -0.05) is 11.3 Å². The number of fused-ring (bicyclic) bond motifs is 1. The van der Waals surface area contributed by atoms with Crippen LogP contribution < -0.4 is 4.94 Å². The summed E-state index contributed by atoms with van der Waals surface area (Å²) in [5.41, 5.74) is 2.93. The average Bonchev–Trinajstić information content (AvgIpc) is 2.54. The monoisotopic (exact) mass is 210 g/mol. The zero-order chi connectivity index (χ0) is 10.5. The highest BCUT2D eigenvalue weighted by Crippen LogP contribution is 2.34. The number of aromatic hydroxyl groups is 1. The highest BCUT2D eigenvalue weighted by atomic mass is 32.1. The molecule has 0 aliphatic rings. The smallest absolute Gasteiger partial charge is 0.396 e. The van der Waals surface area contributed by atoms with Crippen LogP contribution in [0.4, 0.5) is 0 Å². The van der Waals surface area contributed by atoms with Crippen LogP contribution in [0.2, 0.25) is 0 Å². The molecule has 2 aromatic rings. The summed E-state index contributed by atoms with van der Waals surface area (Å²) in [7, 11) is 0. The normalized spacial score (nSPS) is 11.1. The van der Waals surface area contributed by atoms with E-state index in [0.29, 0.717) is 5.58 Å². The van der Waals surface area contributed by atoms with Gasteiger partial charge in [0, 0.05) is 5.56 Å². The van der Waals surface area contributed by atoms with Crippen LogP contribution in [0.25, 0.3) is 10.3 Å². The fourth-order valence-electron chi connectivity index (χ4n) is 1.51. The van der Waals surface area contributed by atoms with Gasteiger partial charge in [-0.25, -0.2) is 4.79 Å². The summed E-state index contributed by atoms with van der Waals surface area (Å²) >= 11 is 1.03. The van der Waals surface area contributed by atoms with Crippen molar-refractivity contribution in [1.82, 2.24) is 0 Å². The molecule has 0 unspecified atom stereocenters. The molecule has 14 heavy (non-hydrogen) atoms. The Morgan fingerprint density at radius 3 is 2.43 bits per heavy atom. The molecule has 0 saturated carbocycles. The van der Waals surface area contributed by atoms with Crippen molar-refractivity contribution in [2.24, 2.45) is 0 Å². The zero-order valence-electron chi connectivity index (χ0n) is 8.17. The van der Waals surface area contributed by atoms with Crippen molar-refractivity contribution in [1.29, 1.82) is 0 Å². The minimum Gasteiger partial charge on any atom is -0.507 e. The van der Waals surface area contributed by atoms with Gasteiger partial charge >= 0.3 is 4.94 Å². The van der Waals surface area contributed by atoms with Crippen LogP contribution in [0.1, 0.15) is 16.7 Å². The van der Waals surface area contributed by atoms with E-state index in [-0.39, 0.29) is 10.7 Å². The van der Waals surface area contributed by atoms with E-state index in [0.717, 1.165) is 32.7 Å². The molecule has 4 heteroatoms. The van der Waals surface area contributed by atoms with Crippen LogP contribution in [0.15, 0.2) is 9.21 Å². The van der Waals surface area contributed by atoms with E-state index in [1.165, 1.54) is 0 Å². The van der Waals surface area contributed by atoms with Gasteiger partial charge in [-0.15, -0.1) is 0 Å². The molecule has 0 bridgehead atoms. The van der Waals surface area contributed by atoms with Gasteiger partial charge in [0.2, 0.25) is 0 Å². The molecule has 2 rings (SSSR count). The predicted octanol–water partition coefficient (Wildman–Crippen LogP) is 2.49. The number of rotatable bonds is 0. The Balaban J connectivity index is 3.08. The quantitative estimate of drug-likeness (QED) is 0.726. The van der Waals surface area contributed by atoms with Crippen molar-refractivity contribution in [2.45, 2.75) is 20.8 Å². The van der Waals surface area contributed by atoms with Gasteiger partial charge in [-0.2, -0.15) is 0 Å². The molecule has 3 nitrogen and oxygen atoms in total. The Labute approximate surface area is 84.6 Å². The third kappa shape index (κ3) is 1.07. The Kier molecular flexibility index (Phi) is 1.89. The second-order valence-corrected chi connectivity index (χ2v) is 4.28. The molecule has 1 aromatic carbocycles. The van der Waals surface area contributed by atoms with Crippen molar-refractivity contribution in [3.63, 3.8) is 0 Å². The maximum atomic E-state index is 11.1. The molecule has 0 atom stereocenters. The van der Waals surface area contributed by atoms with Crippen LogP contribution in [-0.2, 0) is 0 Å². The van der Waals surface area contributed by atoms with Gasteiger partial charge < -0.3 is 9.52 Å². The molecule has 0 spiro atoms. The van der Waals surface area contributed by atoms with Crippen molar-refractivity contribution >= 4 is 21.6 Å². The van der Waals surface area contributed by atoms with Crippen molar-refractivity contribution in [3.8, 4) is 5.75 Å². The van der Waals surface area contributed by atoms with E-state index in [1.54, 1.807) is 6.92 Å². The molecular formula is C10H10O3S. The number of hydrogen-bond acceptors (Lipinski definition) is 4. The van der Waals surface area contributed by atoms with E-state index >= 15 is 0 Å². The van der Waals surface area contributed by atoms with Crippen molar-refractivity contribution < 1.29 is 9.52 Å². The summed E-state index contributed by atoms with van der Waals surface area (Å²) in [4.78, 5) is 10.8. The lowest BCUT2D eigenvalue weighted by molar-refractivity contribution is 0.467. The number of phenols is 1. The van der Waals surface area contributed by atoms with Gasteiger partial charge in [-0.05, 0) is 31.9 Å². The second-order valence-electron chi connectivity index (χ2n) is 3.34. The van der Waals surface area contributed by atoms with E-state index in [9.17, 15) is 9.90 Å². The Morgan fingerprint density at radius 2 is 1.79 bits per heavy atom. The molecule has 0 radical (unpaired) electrons. The van der Waals surface area contributed by atoms with E-state index < -0.39 is 0 Å². The van der Waals surface area contributed by atoms with E-state index in [1.807, 2.05) is 13.8 Å². The van der Waals surface area contributed by atoms with Gasteiger partial charge in [-0.3, -0.25) is 0 Å². The summed E-state index contributed by atoms with van der Waals surface area (Å²) in [5.74, 6) is 0.257. The first-order valence-electron chi connectivity index (χ1n) is 4.24. The summed E-state index contributed by atoms with van der Waals surface area (Å²) in [6, 6.07) is 0. The van der Waals surface area contributed by atoms with Crippen LogP contribution in [0.3, 0.4) is 0 Å². The third-order valence-corrected chi connectivity index (χ3v) is 3.48. The topological polar surface area (TPSA) is 50.4 Å². The lowest BCUT2D eigenvalue weighted by atomic mass is 10.0. The minimum absolute atomic E-state index is 0.257. The maximum Gasteiger partial charge on any atom is 0.396 e. The first-order chi connectivity index (χ1) is 6.52. The molecule has 74 valence electrons. The molecule has 0 aliphatic carbocycles. The largest absolute Gasteiger partial charge is 0.507 e. The fraction of sp³-hybridized carbons (Fsp3) is 0.300. The predicted molar refractivity (Wildman–Crippen MR) is 56.2 cm³/mol. The highest BCUT2D eigenvalue weighted by molar-refractivity contribution is 7.16. The molecule has 0 saturated heterocycles. The molecule has 0 fully saturated rings. The van der Waals surface area contributed by atoms with Crippen molar-refractivity contribution in [2.75, 3.05) is 0 Å². The molecule has 1 N–H and O–H groups in total. The zero-order valence-corrected chi connectivity index (χ0v) is 8.99. The lowest BCUT2D eigenvalue weighted by Gasteiger charge is -2.06. The summed E-state index contributed by atoms with van der Waals surface area (Å²) < 4.78 is 5.81. The molecule has 0 amide bonds. The molecule has 1 aromatic heterocycles. The molecular weight excluding hydrogens is 200 g/mol. The lowest BCUT2D eigenvalue weighted by Crippen LogP contribution is -1.86. The fourth-order valence-corrected chi connectivity index (χ4v) is 2.34. The number of benzene rings is 1. The highest BCUT2D eigenvalue weighted by Gasteiger charge is 2.15. The maximum absolute atomic E-state index is 11.1. The first-order valence-corrected chi connectivity index (χ1v) is 5.06. The van der Waals surface area contributed by atoms with Gasteiger partial charge in [0.25, 0.3) is 0 Å². The summed E-state index contributed by atoms with van der Waals surface area (Å²) in [6.45, 7) is 5.44. The second kappa shape index (κ2) is 2.85. The van der Waals surface area contributed by atoms with Crippen LogP contribution in [-0.4, -0.2) is 5.11 Å². The number of aryl methyl sites for hydroxylation is 2. The summed E-state index contributed by atoms with van der Waals surface area (Å²) in [5, 5.41) is 9.76. The number of phenolic OH excluding ortho intramolecular Hbond substituents is 1. The Bertz CT molecular complexity index is 515. The van der Waals surface area contributed by atoms with Gasteiger partial charge in [0.1, 0.15) is 5.75 Å². The minimum atomic E-state index is -0.323. The Hall–Kier alpha value is -1.29. The van der Waals surface area contributed by atoms with Gasteiger partial charge in [0.05, 0.1) is 4.70 Å². The standard InChI is InChI=1S/C10H10O3S/c1-4-5(2)8-9(6(3)7(4)11)14-10(12)13-8/h11H,1-3H3. The summed E-state index contributed by atoms with van der Waals surface area (Å²) in [6.07, 6.45) is 0. The number of hydrogen-bond donors (Lipinski definition) is 1. The van der Waals surface area contributed by atoms with Crippen molar-refractivity contribution in [3.05, 3.63) is 26.4 Å². The van der Waals surface area contributed by atoms with Crippen LogP contribution in [0, 0.1) is 20.8 Å². The van der Waals surface area contributed by atoms with E-state index in [4.69, 9.17) is 4.42 Å². The molecule has 0 aliphatic heterocycles. The van der Waals surface area contributed by atoms with Crippen LogP contribution >= 0.6 is 11.3 Å².